The molecule has 0 amide bonds. The molecule has 9 aromatic rings. The highest BCUT2D eigenvalue weighted by Gasteiger charge is 2.50. The van der Waals surface area contributed by atoms with Crippen molar-refractivity contribution in [2.75, 3.05) is 40.6 Å². The molecular formula is C94H114O16S. The lowest BCUT2D eigenvalue weighted by molar-refractivity contribution is -0.265. The molecule has 13 rings (SSSR count). The van der Waals surface area contributed by atoms with Crippen LogP contribution in [0.2, 0.25) is 0 Å². The summed E-state index contributed by atoms with van der Waals surface area (Å²) in [6.07, 6.45) is -6.64. The third kappa shape index (κ3) is 25.8. The van der Waals surface area contributed by atoms with E-state index in [4.69, 9.17) is 71.1 Å². The van der Waals surface area contributed by atoms with E-state index >= 15 is 0 Å². The molecule has 4 heterocycles. The minimum atomic E-state index is -0.750. The van der Waals surface area contributed by atoms with Gasteiger partial charge >= 0.3 is 0 Å². The van der Waals surface area contributed by atoms with Gasteiger partial charge in [0.1, 0.15) is 48.2 Å². The van der Waals surface area contributed by atoms with Gasteiger partial charge in [-0.25, -0.2) is 0 Å². The Kier molecular flexibility index (Phi) is 34.7. The molecule has 4 fully saturated rings. The minimum absolute atomic E-state index is 0.0716. The summed E-state index contributed by atoms with van der Waals surface area (Å²) in [6, 6.07) is 91.5. The summed E-state index contributed by atoms with van der Waals surface area (Å²) in [6.45, 7) is 18.2. The maximum atomic E-state index is 10.4. The molecule has 4 aliphatic heterocycles. The Balaban J connectivity index is 0.000000177. The van der Waals surface area contributed by atoms with E-state index in [1.165, 1.54) is 10.5 Å². The van der Waals surface area contributed by atoms with Crippen LogP contribution in [-0.4, -0.2) is 131 Å². The van der Waals surface area contributed by atoms with Crippen molar-refractivity contribution < 1.29 is 76.2 Å². The summed E-state index contributed by atoms with van der Waals surface area (Å²) in [5.74, 6) is 1.34. The largest absolute Gasteiger partial charge is 0.390 e. The molecule has 1 N–H and O–H groups in total. The van der Waals surface area contributed by atoms with Crippen LogP contribution in [0.15, 0.2) is 278 Å². The average Bonchev–Trinajstić information content (AvgIpc) is 1.71. The molecule has 0 radical (unpaired) electrons. The first-order valence-electron chi connectivity index (χ1n) is 39.2. The molecule has 0 saturated carbocycles. The second-order valence-electron chi connectivity index (χ2n) is 29.4. The van der Waals surface area contributed by atoms with E-state index in [-0.39, 0.29) is 54.9 Å². The Morgan fingerprint density at radius 3 is 0.955 bits per heavy atom. The topological polar surface area (TPSA) is 159 Å². The van der Waals surface area contributed by atoms with Crippen molar-refractivity contribution in [1.82, 2.24) is 0 Å². The number of thioether (sulfide) groups is 1. The van der Waals surface area contributed by atoms with Gasteiger partial charge in [-0.2, -0.15) is 0 Å². The first-order valence-corrected chi connectivity index (χ1v) is 40.1. The standard InChI is InChI=1S/C44H54O8.C28H32O3S.C22H28O5/c1-31-25-50-44(39(33(3)32(31)2)46-26-34-17-9-5-10-18-34)52-38-30-51-43(45-4)42(49-29-37-23-15-8-16-24-37)41(48-28-36-21-13-7-14-22-36)40(38)47-27-35-19-11-6-12-20-35;1-21-18-31-28(32-25-16-10-5-11-17-25)27(30-20-24-14-8-4-9-15-24)26(22(21)2)29-19-23-12-6-3-7-13-23;1-16-19(23)15-27-22(24-2)21(26-14-18-11-7-4-8-12-18)20(16)25-13-17-9-5-3-6-10-17/h5-24,31-33,38-44H,25-30H2,1-4H3;3-17,21-22,26-28H,18-20H2,1-2H3;3-12,16,19-23H,13-15H2,1-2H3/t31-,32-,33+,38-,39+,40-,41+,42+,43+,44-;21-,22-,26+,27+,28-;16-,19-,20+,21+,22+/m111/s1. The van der Waals surface area contributed by atoms with Gasteiger partial charge in [-0.3, -0.25) is 0 Å². The number of aliphatic hydroxyl groups is 1. The van der Waals surface area contributed by atoms with Gasteiger partial charge in [-0.05, 0) is 86.2 Å². The molecule has 0 aromatic heterocycles. The summed E-state index contributed by atoms with van der Waals surface area (Å²) in [5.41, 5.74) is 8.50. The smallest absolute Gasteiger partial charge is 0.186 e. The van der Waals surface area contributed by atoms with E-state index in [0.717, 1.165) is 38.9 Å². The Labute approximate surface area is 662 Å². The van der Waals surface area contributed by atoms with Crippen molar-refractivity contribution in [3.63, 3.8) is 0 Å². The lowest BCUT2D eigenvalue weighted by atomic mass is 9.83. The quantitative estimate of drug-likeness (QED) is 0.0453. The predicted octanol–water partition coefficient (Wildman–Crippen LogP) is 17.7. The number of benzene rings is 9. The van der Waals surface area contributed by atoms with Crippen molar-refractivity contribution in [2.45, 2.75) is 185 Å². The fourth-order valence-corrected chi connectivity index (χ4v) is 15.3. The lowest BCUT2D eigenvalue weighted by Gasteiger charge is -2.38. The van der Waals surface area contributed by atoms with Crippen LogP contribution in [0.5, 0.6) is 0 Å². The van der Waals surface area contributed by atoms with Gasteiger partial charge in [0.15, 0.2) is 18.9 Å². The van der Waals surface area contributed by atoms with Gasteiger partial charge in [-0.15, -0.1) is 0 Å². The average molecular weight is 1530 g/mol. The first-order chi connectivity index (χ1) is 54.4. The number of hydrogen-bond donors (Lipinski definition) is 1. The summed E-state index contributed by atoms with van der Waals surface area (Å²) in [7, 11) is 3.21. The molecule has 0 spiro atoms. The molecule has 4 aliphatic rings. The Bertz CT molecular complexity index is 3880. The van der Waals surface area contributed by atoms with Crippen LogP contribution >= 0.6 is 11.8 Å². The zero-order valence-electron chi connectivity index (χ0n) is 65.5. The third-order valence-corrected chi connectivity index (χ3v) is 22.7. The fraction of sp³-hybridized carbons (Fsp3) is 0.426. The van der Waals surface area contributed by atoms with E-state index < -0.39 is 55.5 Å². The van der Waals surface area contributed by atoms with Gasteiger partial charge in [-0.1, -0.05) is 314 Å². The number of methoxy groups -OCH3 is 2. The molecule has 0 aliphatic carbocycles. The monoisotopic (exact) mass is 1530 g/mol. The maximum absolute atomic E-state index is 10.4. The molecule has 592 valence electrons. The predicted molar refractivity (Wildman–Crippen MR) is 431 cm³/mol. The van der Waals surface area contributed by atoms with Gasteiger partial charge < -0.3 is 76.2 Å². The van der Waals surface area contributed by atoms with Crippen molar-refractivity contribution in [3.05, 3.63) is 317 Å². The van der Waals surface area contributed by atoms with Crippen molar-refractivity contribution in [1.29, 1.82) is 0 Å². The van der Waals surface area contributed by atoms with Crippen LogP contribution in [-0.2, 0) is 124 Å². The number of aliphatic hydroxyl groups excluding tert-OH is 1. The summed E-state index contributed by atoms with van der Waals surface area (Å²) in [5, 5.41) is 10.4. The van der Waals surface area contributed by atoms with Crippen LogP contribution in [0.25, 0.3) is 0 Å². The summed E-state index contributed by atoms with van der Waals surface area (Å²) < 4.78 is 96.5. The second-order valence-corrected chi connectivity index (χ2v) is 30.6. The molecule has 16 nitrogen and oxygen atoms in total. The molecule has 0 bridgehead atoms. The number of rotatable bonds is 30. The lowest BCUT2D eigenvalue weighted by Crippen LogP contribution is -2.53. The number of hydrogen-bond acceptors (Lipinski definition) is 17. The fourth-order valence-electron chi connectivity index (χ4n) is 14.2. The highest BCUT2D eigenvalue weighted by Crippen LogP contribution is 2.40. The van der Waals surface area contributed by atoms with Crippen LogP contribution in [0.1, 0.15) is 86.1 Å². The third-order valence-electron chi connectivity index (χ3n) is 21.5. The summed E-state index contributed by atoms with van der Waals surface area (Å²) in [4.78, 5) is 1.18. The molecule has 20 atom stereocenters. The molecule has 0 unspecified atom stereocenters. The highest BCUT2D eigenvalue weighted by molar-refractivity contribution is 7.99. The van der Waals surface area contributed by atoms with Crippen LogP contribution in [0.4, 0.5) is 0 Å². The Morgan fingerprint density at radius 1 is 0.279 bits per heavy atom. The molecule has 4 saturated heterocycles. The van der Waals surface area contributed by atoms with Gasteiger partial charge in [0, 0.05) is 25.0 Å². The SMILES string of the molecule is CO[C@H]1OC[C@@H](O)[C@@H](C)[C@H](OCc2ccccc2)[C@@H]1OCc1ccccc1.CO[C@H]1OC[C@@H](O[C@H]2OC[C@@H](C)[C@@H](C)[C@H](C)[C@@H]2OCc2ccccc2)[C@@H](OCc2ccccc2)[C@H](OCc2ccccc2)[C@@H]1OCc1ccccc1.C[C@H]1[C@H](OCc2ccccc2)[C@H](OCc2ccccc2)[C@@H](Sc2ccccc2)OC[C@H]1C. The summed E-state index contributed by atoms with van der Waals surface area (Å²) >= 11 is 1.72. The molecule has 111 heavy (non-hydrogen) atoms. The van der Waals surface area contributed by atoms with Crippen molar-refractivity contribution >= 4 is 11.8 Å². The van der Waals surface area contributed by atoms with E-state index in [0.29, 0.717) is 89.7 Å². The maximum Gasteiger partial charge on any atom is 0.186 e. The second kappa shape index (κ2) is 45.5. The zero-order valence-corrected chi connectivity index (χ0v) is 66.3. The van der Waals surface area contributed by atoms with Crippen LogP contribution in [0, 0.1) is 35.5 Å². The zero-order chi connectivity index (χ0) is 77.4. The normalized spacial score (nSPS) is 28.3. The molecular weight excluding hydrogens is 1420 g/mol. The highest BCUT2D eigenvalue weighted by atomic mass is 32.2. The Hall–Kier alpha value is -7.31. The van der Waals surface area contributed by atoms with E-state index in [2.05, 4.69) is 120 Å². The van der Waals surface area contributed by atoms with Crippen LogP contribution < -0.4 is 0 Å². The molecule has 17 heteroatoms. The number of ether oxygens (including phenoxy) is 15. The van der Waals surface area contributed by atoms with E-state index in [1.807, 2.05) is 195 Å². The van der Waals surface area contributed by atoms with Gasteiger partial charge in [0.25, 0.3) is 0 Å². The van der Waals surface area contributed by atoms with E-state index in [9.17, 15) is 5.11 Å². The van der Waals surface area contributed by atoms with Crippen molar-refractivity contribution in [3.8, 4) is 0 Å². The van der Waals surface area contributed by atoms with Crippen molar-refractivity contribution in [2.24, 2.45) is 35.5 Å². The Morgan fingerprint density at radius 2 is 0.568 bits per heavy atom. The van der Waals surface area contributed by atoms with Gasteiger partial charge in [0.2, 0.25) is 0 Å². The molecule has 9 aromatic carbocycles. The first kappa shape index (κ1) is 84.6. The van der Waals surface area contributed by atoms with E-state index in [1.54, 1.807) is 26.0 Å². The van der Waals surface area contributed by atoms with Gasteiger partial charge in [0.05, 0.1) is 97.6 Å². The van der Waals surface area contributed by atoms with Crippen LogP contribution in [0.3, 0.4) is 0 Å². The minimum Gasteiger partial charge on any atom is -0.390 e.